The van der Waals surface area contributed by atoms with Crippen LogP contribution in [0.15, 0.2) is 0 Å². The average molecular weight is 1230 g/mol. The fourth-order valence-corrected chi connectivity index (χ4v) is 11.0. The zero-order chi connectivity index (χ0) is 61.7. The molecule has 0 saturated heterocycles. The quantitative estimate of drug-likeness (QED) is 0.0222. The summed E-state index contributed by atoms with van der Waals surface area (Å²) in [5.41, 5.74) is 0. The van der Waals surface area contributed by atoms with Gasteiger partial charge in [-0.15, -0.1) is 0 Å². The summed E-state index contributed by atoms with van der Waals surface area (Å²) in [7, 11) is -9.89. The number of aliphatic hydroxyl groups excluding tert-OH is 1. The summed E-state index contributed by atoms with van der Waals surface area (Å²) >= 11 is 0. The van der Waals surface area contributed by atoms with Crippen LogP contribution in [-0.4, -0.2) is 96.7 Å². The highest BCUT2D eigenvalue weighted by Crippen LogP contribution is 2.45. The zero-order valence-corrected chi connectivity index (χ0v) is 55.4. The second-order valence-electron chi connectivity index (χ2n) is 24.3. The van der Waals surface area contributed by atoms with E-state index in [9.17, 15) is 43.2 Å². The van der Waals surface area contributed by atoms with Gasteiger partial charge in [-0.1, -0.05) is 260 Å². The topological polar surface area (TPSA) is 237 Å². The van der Waals surface area contributed by atoms with Gasteiger partial charge in [0.2, 0.25) is 0 Å². The standard InChI is InChI=1S/C64H124O17P2/c1-8-10-11-12-21-31-38-45-61(66)74-51-59(81-64(69)48-41-34-27-20-19-24-30-37-44-57(7)9-2)53-78-82(70,71)76-49-58(65)50-77-83(72,73)79-54-60(80-63(68)47-40-33-26-18-14-16-23-29-36-43-56(5)6)52-75-62(67)46-39-32-25-17-13-15-22-28-35-42-55(3)4/h55-60,65H,8-54H2,1-7H3,(H,70,71)(H,72,73)/t57?,58-,59+,60+/m0/s1. The van der Waals surface area contributed by atoms with Crippen LogP contribution in [0.5, 0.6) is 0 Å². The Kier molecular flexibility index (Phi) is 54.1. The van der Waals surface area contributed by atoms with Crippen LogP contribution in [0.1, 0.15) is 312 Å². The van der Waals surface area contributed by atoms with E-state index in [1.807, 2.05) is 0 Å². The molecule has 0 fully saturated rings. The molecule has 3 N–H and O–H groups in total. The molecule has 17 nitrogen and oxygen atoms in total. The molecule has 0 amide bonds. The van der Waals surface area contributed by atoms with Gasteiger partial charge in [0.15, 0.2) is 12.2 Å². The van der Waals surface area contributed by atoms with Crippen molar-refractivity contribution >= 4 is 39.5 Å². The van der Waals surface area contributed by atoms with E-state index in [0.717, 1.165) is 120 Å². The van der Waals surface area contributed by atoms with Crippen LogP contribution in [-0.2, 0) is 65.4 Å². The van der Waals surface area contributed by atoms with Gasteiger partial charge in [0.1, 0.15) is 19.3 Å². The molecule has 0 saturated carbocycles. The molecule has 19 heteroatoms. The molecule has 0 spiro atoms. The molecule has 0 aromatic heterocycles. The van der Waals surface area contributed by atoms with Gasteiger partial charge in [0.25, 0.3) is 0 Å². The van der Waals surface area contributed by atoms with E-state index in [4.69, 9.17) is 37.0 Å². The Labute approximate surface area is 505 Å². The minimum absolute atomic E-state index is 0.104. The number of hydrogen-bond acceptors (Lipinski definition) is 15. The Hall–Kier alpha value is -1.94. The second-order valence-corrected chi connectivity index (χ2v) is 27.3. The fourth-order valence-electron chi connectivity index (χ4n) is 9.45. The molecule has 492 valence electrons. The van der Waals surface area contributed by atoms with Crippen molar-refractivity contribution in [1.29, 1.82) is 0 Å². The van der Waals surface area contributed by atoms with E-state index >= 15 is 0 Å². The molecular formula is C64H124O17P2. The van der Waals surface area contributed by atoms with Gasteiger partial charge in [-0.05, 0) is 43.4 Å². The van der Waals surface area contributed by atoms with Crippen molar-refractivity contribution in [2.75, 3.05) is 39.6 Å². The van der Waals surface area contributed by atoms with E-state index in [1.54, 1.807) is 0 Å². The molecule has 0 aliphatic heterocycles. The van der Waals surface area contributed by atoms with E-state index in [1.165, 1.54) is 109 Å². The van der Waals surface area contributed by atoms with Gasteiger partial charge in [-0.3, -0.25) is 37.3 Å². The number of phosphoric acid groups is 2. The average Bonchev–Trinajstić information content (AvgIpc) is 3.44. The van der Waals surface area contributed by atoms with Crippen molar-refractivity contribution in [3.8, 4) is 0 Å². The molecule has 0 aromatic carbocycles. The second kappa shape index (κ2) is 55.4. The van der Waals surface area contributed by atoms with E-state index in [0.29, 0.717) is 25.7 Å². The van der Waals surface area contributed by atoms with Crippen molar-refractivity contribution < 1.29 is 80.2 Å². The SMILES string of the molecule is CCCCCCCCCC(=O)OC[C@H](COP(=O)(O)OC[C@H](O)COP(=O)(O)OC[C@@H](COC(=O)CCCCCCCCCCCC(C)C)OC(=O)CCCCCCCCCCCC(C)C)OC(=O)CCCCCCCCCCC(C)CC. The van der Waals surface area contributed by atoms with Gasteiger partial charge in [-0.2, -0.15) is 0 Å². The third-order valence-electron chi connectivity index (χ3n) is 15.0. The summed E-state index contributed by atoms with van der Waals surface area (Å²) in [5, 5.41) is 10.5. The molecule has 83 heavy (non-hydrogen) atoms. The number of phosphoric ester groups is 2. The molecule has 0 bridgehead atoms. The number of carbonyl (C=O) groups excluding carboxylic acids is 4. The van der Waals surface area contributed by atoms with Gasteiger partial charge in [0.05, 0.1) is 26.4 Å². The van der Waals surface area contributed by atoms with Crippen LogP contribution in [0.4, 0.5) is 0 Å². The van der Waals surface area contributed by atoms with Crippen molar-refractivity contribution in [2.24, 2.45) is 17.8 Å². The fraction of sp³-hybridized carbons (Fsp3) is 0.938. The Balaban J connectivity index is 5.23. The van der Waals surface area contributed by atoms with Crippen LogP contribution >= 0.6 is 15.6 Å². The van der Waals surface area contributed by atoms with Crippen LogP contribution in [0.25, 0.3) is 0 Å². The number of unbranched alkanes of at least 4 members (excludes halogenated alkanes) is 29. The normalized spacial score (nSPS) is 14.7. The smallest absolute Gasteiger partial charge is 0.462 e. The number of carbonyl (C=O) groups is 4. The molecule has 0 aliphatic carbocycles. The van der Waals surface area contributed by atoms with Crippen molar-refractivity contribution in [1.82, 2.24) is 0 Å². The molecule has 0 aromatic rings. The van der Waals surface area contributed by atoms with Crippen LogP contribution in [0.2, 0.25) is 0 Å². The van der Waals surface area contributed by atoms with E-state index < -0.39 is 97.5 Å². The van der Waals surface area contributed by atoms with Crippen molar-refractivity contribution in [2.45, 2.75) is 330 Å². The van der Waals surface area contributed by atoms with Crippen LogP contribution in [0.3, 0.4) is 0 Å². The summed E-state index contributed by atoms with van der Waals surface area (Å²) in [6.07, 6.45) is 36.3. The first-order valence-electron chi connectivity index (χ1n) is 33.4. The Morgan fingerprint density at radius 1 is 0.349 bits per heavy atom. The maximum Gasteiger partial charge on any atom is 0.472 e. The molecule has 3 unspecified atom stereocenters. The maximum absolute atomic E-state index is 13.0. The highest BCUT2D eigenvalue weighted by atomic mass is 31.2. The molecule has 6 atom stereocenters. The number of aliphatic hydroxyl groups is 1. The molecule has 0 radical (unpaired) electrons. The summed E-state index contributed by atoms with van der Waals surface area (Å²) in [5.74, 6) is 0.109. The first kappa shape index (κ1) is 81.1. The molecule has 0 aliphatic rings. The lowest BCUT2D eigenvalue weighted by Crippen LogP contribution is -2.30. The van der Waals surface area contributed by atoms with Gasteiger partial charge < -0.3 is 33.8 Å². The largest absolute Gasteiger partial charge is 0.472 e. The predicted molar refractivity (Wildman–Crippen MR) is 331 cm³/mol. The third kappa shape index (κ3) is 57.6. The highest BCUT2D eigenvalue weighted by molar-refractivity contribution is 7.47. The summed E-state index contributed by atoms with van der Waals surface area (Å²) in [4.78, 5) is 72.1. The number of rotatable bonds is 62. The first-order valence-corrected chi connectivity index (χ1v) is 36.4. The Morgan fingerprint density at radius 3 is 0.916 bits per heavy atom. The highest BCUT2D eigenvalue weighted by Gasteiger charge is 2.30. The number of hydrogen-bond donors (Lipinski definition) is 3. The van der Waals surface area contributed by atoms with Crippen LogP contribution in [0, 0.1) is 17.8 Å². The maximum atomic E-state index is 13.0. The number of esters is 4. The minimum Gasteiger partial charge on any atom is -0.462 e. The molecular weight excluding hydrogens is 1100 g/mol. The summed E-state index contributed by atoms with van der Waals surface area (Å²) in [6.45, 7) is 11.7. The lowest BCUT2D eigenvalue weighted by Gasteiger charge is -2.21. The monoisotopic (exact) mass is 1230 g/mol. The van der Waals surface area contributed by atoms with Gasteiger partial charge in [-0.25, -0.2) is 9.13 Å². The Bertz CT molecular complexity index is 1650. The summed E-state index contributed by atoms with van der Waals surface area (Å²) < 4.78 is 67.9. The van der Waals surface area contributed by atoms with E-state index in [-0.39, 0.29) is 25.7 Å². The number of ether oxygens (including phenoxy) is 4. The zero-order valence-electron chi connectivity index (χ0n) is 53.6. The van der Waals surface area contributed by atoms with Gasteiger partial charge in [0, 0.05) is 25.7 Å². The van der Waals surface area contributed by atoms with Crippen molar-refractivity contribution in [3.63, 3.8) is 0 Å². The van der Waals surface area contributed by atoms with Crippen molar-refractivity contribution in [3.05, 3.63) is 0 Å². The predicted octanol–water partition coefficient (Wildman–Crippen LogP) is 17.5. The van der Waals surface area contributed by atoms with E-state index in [2.05, 4.69) is 48.5 Å². The molecule has 0 heterocycles. The molecule has 0 rings (SSSR count). The van der Waals surface area contributed by atoms with Gasteiger partial charge >= 0.3 is 39.5 Å². The lowest BCUT2D eigenvalue weighted by molar-refractivity contribution is -0.161. The third-order valence-corrected chi connectivity index (χ3v) is 16.9. The summed E-state index contributed by atoms with van der Waals surface area (Å²) in [6, 6.07) is 0. The van der Waals surface area contributed by atoms with Crippen LogP contribution < -0.4 is 0 Å². The Morgan fingerprint density at radius 2 is 0.614 bits per heavy atom. The minimum atomic E-state index is -4.94. The first-order chi connectivity index (χ1) is 39.8. The lowest BCUT2D eigenvalue weighted by atomic mass is 9.99.